The fraction of sp³-hybridized carbons (Fsp3) is 0.400. The van der Waals surface area contributed by atoms with Gasteiger partial charge in [0.15, 0.2) is 6.10 Å². The van der Waals surface area contributed by atoms with Gasteiger partial charge in [0.05, 0.1) is 10.6 Å². The number of halogens is 1. The number of hydrogen-bond donors (Lipinski definition) is 2. The molecule has 1 aliphatic carbocycles. The molecule has 2 amide bonds. The maximum absolute atomic E-state index is 12.6. The van der Waals surface area contributed by atoms with Crippen LogP contribution in [0.2, 0.25) is 5.02 Å². The molecule has 144 valence electrons. The van der Waals surface area contributed by atoms with Crippen LogP contribution in [0.1, 0.15) is 52.5 Å². The molecule has 3 rings (SSSR count). The zero-order chi connectivity index (χ0) is 19.6. The van der Waals surface area contributed by atoms with Crippen LogP contribution in [0.15, 0.2) is 18.2 Å². The number of benzene rings is 1. The summed E-state index contributed by atoms with van der Waals surface area (Å²) in [6.45, 7) is 3.57. The standard InChI is InChI=1S/C20H23ClN2O3S/c1-11-8-9-14(21)15(10-11)26-12(2)19(25)23-20-17(18(22)24)13-6-4-3-5-7-16(13)27-20/h8-10,12H,3-7H2,1-2H3,(H2,22,24)(H,23,25)/t12-/m0/s1. The highest BCUT2D eigenvalue weighted by Crippen LogP contribution is 2.37. The Morgan fingerprint density at radius 3 is 2.74 bits per heavy atom. The highest BCUT2D eigenvalue weighted by molar-refractivity contribution is 7.17. The van der Waals surface area contributed by atoms with Crippen molar-refractivity contribution in [2.24, 2.45) is 5.73 Å². The van der Waals surface area contributed by atoms with Gasteiger partial charge in [-0.1, -0.05) is 24.1 Å². The van der Waals surface area contributed by atoms with Crippen LogP contribution in [0.25, 0.3) is 0 Å². The largest absolute Gasteiger partial charge is 0.479 e. The van der Waals surface area contributed by atoms with Crippen molar-refractivity contribution >= 4 is 39.8 Å². The first-order chi connectivity index (χ1) is 12.9. The first-order valence-electron chi connectivity index (χ1n) is 9.05. The average molecular weight is 407 g/mol. The average Bonchev–Trinajstić information content (AvgIpc) is 2.79. The van der Waals surface area contributed by atoms with Crippen molar-refractivity contribution in [1.29, 1.82) is 0 Å². The predicted octanol–water partition coefficient (Wildman–Crippen LogP) is 4.48. The second kappa shape index (κ2) is 8.31. The van der Waals surface area contributed by atoms with Gasteiger partial charge in [0.2, 0.25) is 0 Å². The number of aryl methyl sites for hydroxylation is 2. The zero-order valence-corrected chi connectivity index (χ0v) is 17.0. The number of carbonyl (C=O) groups is 2. The highest BCUT2D eigenvalue weighted by Gasteiger charge is 2.26. The summed E-state index contributed by atoms with van der Waals surface area (Å²) in [6.07, 6.45) is 4.23. The number of primary amides is 1. The molecule has 1 aliphatic rings. The van der Waals surface area contributed by atoms with E-state index in [9.17, 15) is 9.59 Å². The second-order valence-corrected chi connectivity index (χ2v) is 8.33. The Bertz CT molecular complexity index is 878. The van der Waals surface area contributed by atoms with Crippen LogP contribution >= 0.6 is 22.9 Å². The molecule has 0 saturated carbocycles. The monoisotopic (exact) mass is 406 g/mol. The molecule has 1 atom stereocenters. The summed E-state index contributed by atoms with van der Waals surface area (Å²) in [5.41, 5.74) is 8.05. The van der Waals surface area contributed by atoms with E-state index in [0.717, 1.165) is 48.1 Å². The smallest absolute Gasteiger partial charge is 0.265 e. The van der Waals surface area contributed by atoms with E-state index in [4.69, 9.17) is 22.1 Å². The number of nitrogens with two attached hydrogens (primary N) is 1. The van der Waals surface area contributed by atoms with Gasteiger partial charge in [-0.25, -0.2) is 0 Å². The van der Waals surface area contributed by atoms with E-state index in [2.05, 4.69) is 5.32 Å². The third kappa shape index (κ3) is 4.45. The second-order valence-electron chi connectivity index (χ2n) is 6.82. The van der Waals surface area contributed by atoms with Crippen LogP contribution in [0.4, 0.5) is 5.00 Å². The van der Waals surface area contributed by atoms with Crippen molar-refractivity contribution in [3.63, 3.8) is 0 Å². The Balaban J connectivity index is 1.79. The van der Waals surface area contributed by atoms with E-state index in [1.165, 1.54) is 11.3 Å². The van der Waals surface area contributed by atoms with Gasteiger partial charge < -0.3 is 15.8 Å². The van der Waals surface area contributed by atoms with E-state index in [0.29, 0.717) is 21.3 Å². The minimum absolute atomic E-state index is 0.341. The van der Waals surface area contributed by atoms with Gasteiger partial charge in [-0.05, 0) is 62.8 Å². The number of rotatable bonds is 5. The van der Waals surface area contributed by atoms with Crippen LogP contribution in [0, 0.1) is 6.92 Å². The SMILES string of the molecule is Cc1ccc(Cl)c(O[C@@H](C)C(=O)Nc2sc3c(c2C(N)=O)CCCCC3)c1. The molecule has 1 heterocycles. The Labute approximate surface area is 167 Å². The molecular formula is C20H23ClN2O3S. The number of nitrogens with one attached hydrogen (secondary N) is 1. The molecule has 3 N–H and O–H groups in total. The summed E-state index contributed by atoms with van der Waals surface area (Å²) in [5.74, 6) is -0.386. The van der Waals surface area contributed by atoms with E-state index in [-0.39, 0.29) is 5.91 Å². The first-order valence-corrected chi connectivity index (χ1v) is 10.2. The van der Waals surface area contributed by atoms with Crippen molar-refractivity contribution in [3.8, 4) is 5.75 Å². The summed E-state index contributed by atoms with van der Waals surface area (Å²) >= 11 is 7.59. The first kappa shape index (κ1) is 19.7. The van der Waals surface area contributed by atoms with Gasteiger partial charge >= 0.3 is 0 Å². The Morgan fingerprint density at radius 2 is 2.00 bits per heavy atom. The van der Waals surface area contributed by atoms with Crippen LogP contribution in [-0.4, -0.2) is 17.9 Å². The van der Waals surface area contributed by atoms with Crippen LogP contribution in [0.3, 0.4) is 0 Å². The predicted molar refractivity (Wildman–Crippen MR) is 109 cm³/mol. The summed E-state index contributed by atoms with van der Waals surface area (Å²) in [5, 5.41) is 3.80. The fourth-order valence-corrected chi connectivity index (χ4v) is 4.71. The number of anilines is 1. The summed E-state index contributed by atoms with van der Waals surface area (Å²) in [4.78, 5) is 25.8. The molecule has 1 aromatic heterocycles. The quantitative estimate of drug-likeness (QED) is 0.718. The Kier molecular flexibility index (Phi) is 6.07. The number of thiophene rings is 1. The summed E-state index contributed by atoms with van der Waals surface area (Å²) < 4.78 is 5.73. The molecule has 0 unspecified atom stereocenters. The number of fused-ring (bicyclic) bond motifs is 1. The molecular weight excluding hydrogens is 384 g/mol. The van der Waals surface area contributed by atoms with Gasteiger partial charge in [0, 0.05) is 4.88 Å². The third-order valence-corrected chi connectivity index (χ3v) is 6.18. The van der Waals surface area contributed by atoms with Crippen molar-refractivity contribution in [3.05, 3.63) is 44.8 Å². The Morgan fingerprint density at radius 1 is 1.26 bits per heavy atom. The van der Waals surface area contributed by atoms with Gasteiger partial charge in [-0.2, -0.15) is 0 Å². The van der Waals surface area contributed by atoms with Gasteiger partial charge in [0.1, 0.15) is 10.8 Å². The summed E-state index contributed by atoms with van der Waals surface area (Å²) in [6, 6.07) is 5.39. The lowest BCUT2D eigenvalue weighted by Crippen LogP contribution is -2.30. The minimum Gasteiger partial charge on any atom is -0.479 e. The maximum Gasteiger partial charge on any atom is 0.265 e. The third-order valence-electron chi connectivity index (χ3n) is 4.66. The van der Waals surface area contributed by atoms with Crippen molar-refractivity contribution in [2.45, 2.75) is 52.1 Å². The highest BCUT2D eigenvalue weighted by atomic mass is 35.5. The zero-order valence-electron chi connectivity index (χ0n) is 15.4. The number of hydrogen-bond acceptors (Lipinski definition) is 4. The van der Waals surface area contributed by atoms with Crippen LogP contribution in [0.5, 0.6) is 5.75 Å². The molecule has 0 spiro atoms. The summed E-state index contributed by atoms with van der Waals surface area (Å²) in [7, 11) is 0. The Hall–Kier alpha value is -2.05. The molecule has 7 heteroatoms. The lowest BCUT2D eigenvalue weighted by Gasteiger charge is -2.16. The van der Waals surface area contributed by atoms with Gasteiger partial charge in [-0.3, -0.25) is 9.59 Å². The molecule has 2 aromatic rings. The molecule has 27 heavy (non-hydrogen) atoms. The van der Waals surface area contributed by atoms with Crippen molar-refractivity contribution < 1.29 is 14.3 Å². The topological polar surface area (TPSA) is 81.4 Å². The van der Waals surface area contributed by atoms with Gasteiger partial charge in [-0.15, -0.1) is 11.3 Å². The van der Waals surface area contributed by atoms with Crippen molar-refractivity contribution in [1.82, 2.24) is 0 Å². The maximum atomic E-state index is 12.6. The van der Waals surface area contributed by atoms with Crippen LogP contribution < -0.4 is 15.8 Å². The lowest BCUT2D eigenvalue weighted by molar-refractivity contribution is -0.122. The fourth-order valence-electron chi connectivity index (χ4n) is 3.25. The van der Waals surface area contributed by atoms with Gasteiger partial charge in [0.25, 0.3) is 11.8 Å². The molecule has 0 fully saturated rings. The van der Waals surface area contributed by atoms with E-state index in [1.54, 1.807) is 19.1 Å². The number of amides is 2. The van der Waals surface area contributed by atoms with E-state index < -0.39 is 12.0 Å². The molecule has 1 aromatic carbocycles. The molecule has 0 radical (unpaired) electrons. The molecule has 0 saturated heterocycles. The van der Waals surface area contributed by atoms with Crippen molar-refractivity contribution in [2.75, 3.05) is 5.32 Å². The number of carbonyl (C=O) groups excluding carboxylic acids is 2. The minimum atomic E-state index is -0.771. The van der Waals surface area contributed by atoms with E-state index >= 15 is 0 Å². The lowest BCUT2D eigenvalue weighted by atomic mass is 10.1. The normalized spacial score (nSPS) is 14.8. The molecule has 0 aliphatic heterocycles. The van der Waals surface area contributed by atoms with Crippen LogP contribution in [-0.2, 0) is 17.6 Å². The molecule has 5 nitrogen and oxygen atoms in total. The molecule has 0 bridgehead atoms. The number of ether oxygens (including phenoxy) is 1. The van der Waals surface area contributed by atoms with E-state index in [1.807, 2.05) is 13.0 Å².